The van der Waals surface area contributed by atoms with Gasteiger partial charge in [0.1, 0.15) is 0 Å². The minimum absolute atomic E-state index is 0.0139. The molecule has 1 amide bonds. The second-order valence-electron chi connectivity index (χ2n) is 5.63. The fourth-order valence-corrected chi connectivity index (χ4v) is 3.31. The van der Waals surface area contributed by atoms with Gasteiger partial charge in [0.05, 0.1) is 45.8 Å². The van der Waals surface area contributed by atoms with Gasteiger partial charge in [-0.15, -0.1) is 0 Å². The summed E-state index contributed by atoms with van der Waals surface area (Å²) in [5.41, 5.74) is 1.38. The van der Waals surface area contributed by atoms with Crippen LogP contribution in [-0.2, 0) is 4.79 Å². The predicted octanol–water partition coefficient (Wildman–Crippen LogP) is 3.02. The van der Waals surface area contributed by atoms with Gasteiger partial charge in [0.15, 0.2) is 0 Å². The molecule has 1 fully saturated rings. The molecule has 120 valence electrons. The van der Waals surface area contributed by atoms with Gasteiger partial charge in [-0.3, -0.25) is 9.69 Å². The van der Waals surface area contributed by atoms with Crippen molar-refractivity contribution in [3.8, 4) is 0 Å². The van der Waals surface area contributed by atoms with Gasteiger partial charge in [-0.1, -0.05) is 24.6 Å². The van der Waals surface area contributed by atoms with Gasteiger partial charge in [0, 0.05) is 18.3 Å². The summed E-state index contributed by atoms with van der Waals surface area (Å²) >= 11 is 8.48. The monoisotopic (exact) mass is 434 g/mol. The summed E-state index contributed by atoms with van der Waals surface area (Å²) in [6.07, 6.45) is 8.02. The Morgan fingerprint density at radius 3 is 2.82 bits per heavy atom. The molecule has 1 aromatic heterocycles. The molecule has 0 aromatic carbocycles. The van der Waals surface area contributed by atoms with Crippen molar-refractivity contribution in [1.82, 2.24) is 18.2 Å². The number of likely N-dealkylation sites (N-methyl/N-ethyl adjacent to an activating group) is 1. The molecule has 0 aliphatic carbocycles. The number of nitrogens with zero attached hydrogens (tertiary/aromatic N) is 3. The molecule has 5 nitrogen and oxygen atoms in total. The highest BCUT2D eigenvalue weighted by Gasteiger charge is 2.32. The number of aromatic nitrogens is 2. The largest absolute Gasteiger partial charge is 0.323 e. The first-order valence-electron chi connectivity index (χ1n) is 7.17. The lowest BCUT2D eigenvalue weighted by Gasteiger charge is -2.19. The molecule has 1 aromatic rings. The lowest BCUT2D eigenvalue weighted by molar-refractivity contribution is -0.124. The average Bonchev–Trinajstić information content (AvgIpc) is 3.03. The number of carbonyl (C=O) groups is 1. The Morgan fingerprint density at radius 1 is 1.59 bits per heavy atom. The van der Waals surface area contributed by atoms with E-state index in [0.29, 0.717) is 16.6 Å². The molecule has 1 aliphatic rings. The number of carbonyl (C=O) groups excluding carboxylic acids is 1. The number of halogens is 2. The molecule has 2 heterocycles. The summed E-state index contributed by atoms with van der Waals surface area (Å²) in [7, 11) is 1.98. The van der Waals surface area contributed by atoms with Crippen molar-refractivity contribution < 1.29 is 4.79 Å². The molecule has 1 saturated heterocycles. The summed E-state index contributed by atoms with van der Waals surface area (Å²) in [5, 5.41) is 7.55. The Kier molecular flexibility index (Phi) is 6.05. The minimum atomic E-state index is -0.105. The third kappa shape index (κ3) is 4.11. The lowest BCUT2D eigenvalue weighted by Crippen LogP contribution is -2.40. The molecule has 1 N–H and O–H groups in total. The van der Waals surface area contributed by atoms with Gasteiger partial charge in [0.25, 0.3) is 0 Å². The van der Waals surface area contributed by atoms with Gasteiger partial charge in [-0.25, -0.2) is 2.90 Å². The van der Waals surface area contributed by atoms with E-state index in [4.69, 9.17) is 11.6 Å². The van der Waals surface area contributed by atoms with E-state index in [9.17, 15) is 4.79 Å². The van der Waals surface area contributed by atoms with Gasteiger partial charge in [-0.2, -0.15) is 5.10 Å². The highest BCUT2D eigenvalue weighted by Crippen LogP contribution is 2.25. The molecular weight excluding hydrogens is 415 g/mol. The zero-order chi connectivity index (χ0) is 16.3. The van der Waals surface area contributed by atoms with Crippen molar-refractivity contribution in [2.45, 2.75) is 26.3 Å². The third-order valence-electron chi connectivity index (χ3n) is 3.69. The molecule has 7 heteroatoms. The topological polar surface area (TPSA) is 50.2 Å². The fourth-order valence-electron chi connectivity index (χ4n) is 2.68. The van der Waals surface area contributed by atoms with Crippen LogP contribution >= 0.6 is 34.5 Å². The van der Waals surface area contributed by atoms with E-state index < -0.39 is 0 Å². The Morgan fingerprint density at radius 2 is 2.32 bits per heavy atom. The van der Waals surface area contributed by atoms with Crippen LogP contribution in [-0.4, -0.2) is 38.4 Å². The van der Waals surface area contributed by atoms with Crippen molar-refractivity contribution in [3.05, 3.63) is 35.8 Å². The van der Waals surface area contributed by atoms with Crippen molar-refractivity contribution in [2.24, 2.45) is 5.92 Å². The van der Waals surface area contributed by atoms with Crippen LogP contribution in [0.5, 0.6) is 0 Å². The first kappa shape index (κ1) is 17.5. The normalized spacial score (nSPS) is 23.9. The number of rotatable bonds is 4. The number of nitrogens with one attached hydrogen (secondary N) is 1. The van der Waals surface area contributed by atoms with Crippen LogP contribution in [0.2, 0.25) is 0 Å². The van der Waals surface area contributed by atoms with E-state index in [1.165, 1.54) is 0 Å². The summed E-state index contributed by atoms with van der Waals surface area (Å²) in [5.74, 6) is 0.516. The van der Waals surface area contributed by atoms with Crippen molar-refractivity contribution in [1.29, 1.82) is 0 Å². The predicted molar refractivity (Wildman–Crippen MR) is 97.6 cm³/mol. The molecule has 0 bridgehead atoms. The zero-order valence-electron chi connectivity index (χ0n) is 12.9. The highest BCUT2D eigenvalue weighted by atomic mass is 127. The molecule has 22 heavy (non-hydrogen) atoms. The van der Waals surface area contributed by atoms with Crippen molar-refractivity contribution in [2.75, 3.05) is 13.6 Å². The van der Waals surface area contributed by atoms with E-state index in [1.54, 1.807) is 9.09 Å². The quantitative estimate of drug-likeness (QED) is 0.585. The first-order valence-corrected chi connectivity index (χ1v) is 8.51. The molecule has 1 aliphatic heterocycles. The van der Waals surface area contributed by atoms with E-state index in [-0.39, 0.29) is 11.9 Å². The Balaban J connectivity index is 2.20. The molecule has 0 radical (unpaired) electrons. The van der Waals surface area contributed by atoms with Crippen LogP contribution in [0.25, 0.3) is 5.03 Å². The molecule has 0 spiro atoms. The maximum Gasteiger partial charge on any atom is 0.241 e. The second kappa shape index (κ2) is 7.61. The maximum absolute atomic E-state index is 12.5. The van der Waals surface area contributed by atoms with Crippen LogP contribution in [0.4, 0.5) is 0 Å². The Labute approximate surface area is 149 Å². The Bertz CT molecular complexity index is 610. The molecule has 2 atom stereocenters. The van der Waals surface area contributed by atoms with Gasteiger partial charge >= 0.3 is 0 Å². The molecule has 0 saturated carbocycles. The molecular formula is C15H20ClIN4O. The van der Waals surface area contributed by atoms with Crippen molar-refractivity contribution >= 4 is 45.4 Å². The van der Waals surface area contributed by atoms with E-state index >= 15 is 0 Å². The van der Waals surface area contributed by atoms with Crippen LogP contribution in [0.1, 0.15) is 25.8 Å². The number of amides is 1. The zero-order valence-corrected chi connectivity index (χ0v) is 15.8. The molecule has 1 unspecified atom stereocenters. The smallest absolute Gasteiger partial charge is 0.241 e. The number of hydrogen-bond acceptors (Lipinski definition) is 3. The SMILES string of the molecule is C/C=C\C(NC(=O)[C@@H]1CC(C)CN1C)=C(\Cl)c1cnn(I)c1. The average molecular weight is 435 g/mol. The number of likely N-dealkylation sites (tertiary alicyclic amines) is 1. The summed E-state index contributed by atoms with van der Waals surface area (Å²) < 4.78 is 1.65. The fraction of sp³-hybridized carbons (Fsp3) is 0.467. The van der Waals surface area contributed by atoms with E-state index in [2.05, 4.69) is 45.1 Å². The molecule has 2 rings (SSSR count). The minimum Gasteiger partial charge on any atom is -0.323 e. The van der Waals surface area contributed by atoms with Crippen LogP contribution in [0.15, 0.2) is 30.2 Å². The lowest BCUT2D eigenvalue weighted by atomic mass is 10.1. The maximum atomic E-state index is 12.5. The van der Waals surface area contributed by atoms with E-state index in [0.717, 1.165) is 18.5 Å². The van der Waals surface area contributed by atoms with Crippen LogP contribution < -0.4 is 5.32 Å². The van der Waals surface area contributed by atoms with Gasteiger partial charge in [-0.05, 0) is 32.4 Å². The van der Waals surface area contributed by atoms with Gasteiger partial charge < -0.3 is 5.32 Å². The van der Waals surface area contributed by atoms with Crippen molar-refractivity contribution in [3.63, 3.8) is 0 Å². The Hall–Kier alpha value is -0.860. The summed E-state index contributed by atoms with van der Waals surface area (Å²) in [6.45, 7) is 4.99. The first-order chi connectivity index (χ1) is 10.4. The summed E-state index contributed by atoms with van der Waals surface area (Å²) in [6, 6.07) is -0.105. The second-order valence-corrected chi connectivity index (χ2v) is 7.00. The number of allylic oxidation sites excluding steroid dienone is 2. The summed E-state index contributed by atoms with van der Waals surface area (Å²) in [4.78, 5) is 14.6. The highest BCUT2D eigenvalue weighted by molar-refractivity contribution is 14.1. The van der Waals surface area contributed by atoms with Crippen LogP contribution in [0.3, 0.4) is 0 Å². The van der Waals surface area contributed by atoms with Crippen LogP contribution in [0, 0.1) is 5.92 Å². The van der Waals surface area contributed by atoms with E-state index in [1.807, 2.05) is 32.3 Å². The van der Waals surface area contributed by atoms with Gasteiger partial charge in [0.2, 0.25) is 5.91 Å². The third-order valence-corrected chi connectivity index (χ3v) is 4.64. The number of hydrogen-bond donors (Lipinski definition) is 1. The standard InChI is InChI=1S/C15H20ClIN4O/c1-4-5-12(14(16)11-7-18-21(17)9-11)19-15(22)13-6-10(2)8-20(13)3/h4-5,7,9-10,13H,6,8H2,1-3H3,(H,19,22)/b5-4-,14-12-/t10?,13-/m0/s1.